The Morgan fingerprint density at radius 2 is 2.44 bits per heavy atom. The molecule has 0 fully saturated rings. The summed E-state index contributed by atoms with van der Waals surface area (Å²) in [6.45, 7) is 0. The minimum Gasteiger partial charge on any atom is -0.376 e. The molecule has 4 nitrogen and oxygen atoms in total. The topological polar surface area (TPSA) is 47.0 Å². The average molecular weight is 261 g/mol. The van der Waals surface area contributed by atoms with Crippen LogP contribution in [0.15, 0.2) is 24.5 Å². The van der Waals surface area contributed by atoms with Gasteiger partial charge in [-0.3, -0.25) is 4.98 Å². The fraction of sp³-hybridized carbons (Fsp3) is 0.385. The third kappa shape index (κ3) is 2.23. The van der Waals surface area contributed by atoms with Crippen molar-refractivity contribution in [2.24, 2.45) is 0 Å². The van der Waals surface area contributed by atoms with E-state index in [1.807, 2.05) is 12.1 Å². The lowest BCUT2D eigenvalue weighted by atomic mass is 10.0. The Morgan fingerprint density at radius 3 is 3.22 bits per heavy atom. The van der Waals surface area contributed by atoms with E-state index in [0.29, 0.717) is 0 Å². The van der Waals surface area contributed by atoms with Crippen molar-refractivity contribution in [3.63, 3.8) is 0 Å². The van der Waals surface area contributed by atoms with Gasteiger partial charge in [0.25, 0.3) is 0 Å². The van der Waals surface area contributed by atoms with Gasteiger partial charge in [0.05, 0.1) is 28.6 Å². The Morgan fingerprint density at radius 1 is 1.50 bits per heavy atom. The number of ether oxygens (including phenoxy) is 1. The number of fused-ring (bicyclic) bond motifs is 1. The van der Waals surface area contributed by atoms with Crippen LogP contribution in [0.2, 0.25) is 0 Å². The fourth-order valence-electron chi connectivity index (χ4n) is 2.22. The molecule has 0 saturated carbocycles. The van der Waals surface area contributed by atoms with Crippen LogP contribution in [0.4, 0.5) is 10.8 Å². The first-order valence-corrected chi connectivity index (χ1v) is 6.88. The third-order valence-corrected chi connectivity index (χ3v) is 4.20. The molecular weight excluding hydrogens is 246 g/mol. The highest BCUT2D eigenvalue weighted by atomic mass is 32.1. The molecule has 18 heavy (non-hydrogen) atoms. The maximum Gasteiger partial charge on any atom is 0.187 e. The Bertz CT molecular complexity index is 526. The summed E-state index contributed by atoms with van der Waals surface area (Å²) in [5.74, 6) is 0. The fourth-order valence-corrected chi connectivity index (χ4v) is 3.36. The smallest absolute Gasteiger partial charge is 0.187 e. The van der Waals surface area contributed by atoms with E-state index in [0.717, 1.165) is 30.1 Å². The van der Waals surface area contributed by atoms with E-state index < -0.39 is 0 Å². The number of methoxy groups -OCH3 is 1. The van der Waals surface area contributed by atoms with E-state index in [2.05, 4.69) is 15.3 Å². The number of thiazole rings is 1. The van der Waals surface area contributed by atoms with Crippen molar-refractivity contribution in [2.45, 2.75) is 25.4 Å². The Hall–Kier alpha value is -1.46. The van der Waals surface area contributed by atoms with E-state index in [9.17, 15) is 0 Å². The van der Waals surface area contributed by atoms with Crippen molar-refractivity contribution in [1.29, 1.82) is 0 Å². The summed E-state index contributed by atoms with van der Waals surface area (Å²) >= 11 is 1.69. The molecule has 1 atom stereocenters. The monoisotopic (exact) mass is 261 g/mol. The van der Waals surface area contributed by atoms with Crippen LogP contribution < -0.4 is 5.32 Å². The molecule has 2 aromatic rings. The number of rotatable bonds is 3. The Labute approximate surface area is 110 Å². The molecule has 0 saturated heterocycles. The van der Waals surface area contributed by atoms with Crippen LogP contribution in [0.3, 0.4) is 0 Å². The minimum absolute atomic E-state index is 0.218. The average Bonchev–Trinajstić information content (AvgIpc) is 2.82. The molecule has 1 aliphatic rings. The number of anilines is 2. The van der Waals surface area contributed by atoms with Crippen molar-refractivity contribution >= 4 is 22.2 Å². The number of nitrogens with one attached hydrogen (secondary N) is 1. The zero-order valence-corrected chi connectivity index (χ0v) is 11.0. The first kappa shape index (κ1) is 11.6. The van der Waals surface area contributed by atoms with Gasteiger partial charge in [-0.15, -0.1) is 0 Å². The van der Waals surface area contributed by atoms with Crippen LogP contribution in [0.5, 0.6) is 0 Å². The van der Waals surface area contributed by atoms with E-state index in [-0.39, 0.29) is 6.10 Å². The lowest BCUT2D eigenvalue weighted by molar-refractivity contribution is 0.0908. The molecule has 0 aliphatic heterocycles. The number of pyridine rings is 1. The van der Waals surface area contributed by atoms with Crippen LogP contribution in [-0.2, 0) is 11.2 Å². The normalized spacial score (nSPS) is 18.4. The van der Waals surface area contributed by atoms with Crippen LogP contribution >= 0.6 is 11.3 Å². The minimum atomic E-state index is 0.218. The molecule has 1 aliphatic carbocycles. The zero-order chi connectivity index (χ0) is 12.4. The van der Waals surface area contributed by atoms with Gasteiger partial charge in [0.1, 0.15) is 0 Å². The SMILES string of the molecule is COC1CCCc2nc(Nc3cccnc3)sc21. The van der Waals surface area contributed by atoms with Gasteiger partial charge in [0.2, 0.25) is 0 Å². The van der Waals surface area contributed by atoms with Gasteiger partial charge in [-0.25, -0.2) is 4.98 Å². The molecule has 0 bridgehead atoms. The summed E-state index contributed by atoms with van der Waals surface area (Å²) in [6, 6.07) is 3.90. The summed E-state index contributed by atoms with van der Waals surface area (Å²) in [6.07, 6.45) is 7.09. The molecule has 0 aromatic carbocycles. The van der Waals surface area contributed by atoms with Crippen LogP contribution in [0.1, 0.15) is 29.5 Å². The maximum atomic E-state index is 5.51. The second-order valence-electron chi connectivity index (χ2n) is 4.31. The van der Waals surface area contributed by atoms with Gasteiger partial charge in [-0.2, -0.15) is 0 Å². The van der Waals surface area contributed by atoms with Gasteiger partial charge in [0, 0.05) is 13.3 Å². The number of hydrogen-bond acceptors (Lipinski definition) is 5. The molecule has 94 valence electrons. The van der Waals surface area contributed by atoms with Gasteiger partial charge in [-0.05, 0) is 31.4 Å². The number of hydrogen-bond donors (Lipinski definition) is 1. The Balaban J connectivity index is 1.84. The number of aryl methyl sites for hydroxylation is 1. The number of aromatic nitrogens is 2. The van der Waals surface area contributed by atoms with Gasteiger partial charge in [-0.1, -0.05) is 11.3 Å². The molecule has 5 heteroatoms. The predicted octanol–water partition coefficient (Wildman–Crippen LogP) is 3.31. The summed E-state index contributed by atoms with van der Waals surface area (Å²) in [5, 5.41) is 4.22. The first-order valence-electron chi connectivity index (χ1n) is 6.06. The van der Waals surface area contributed by atoms with E-state index >= 15 is 0 Å². The summed E-state index contributed by atoms with van der Waals surface area (Å²) < 4.78 is 5.51. The van der Waals surface area contributed by atoms with Crippen molar-refractivity contribution in [3.05, 3.63) is 35.1 Å². The van der Waals surface area contributed by atoms with Crippen LogP contribution in [0.25, 0.3) is 0 Å². The zero-order valence-electron chi connectivity index (χ0n) is 10.2. The molecule has 2 heterocycles. The third-order valence-electron chi connectivity index (χ3n) is 3.10. The molecule has 0 amide bonds. The predicted molar refractivity (Wildman–Crippen MR) is 72.3 cm³/mol. The molecule has 0 radical (unpaired) electrons. The van der Waals surface area contributed by atoms with Crippen LogP contribution in [-0.4, -0.2) is 17.1 Å². The second-order valence-corrected chi connectivity index (χ2v) is 5.34. The van der Waals surface area contributed by atoms with E-state index in [1.165, 1.54) is 10.6 Å². The molecule has 1 N–H and O–H groups in total. The van der Waals surface area contributed by atoms with E-state index in [1.54, 1.807) is 30.8 Å². The summed E-state index contributed by atoms with van der Waals surface area (Å²) in [5.41, 5.74) is 2.15. The highest BCUT2D eigenvalue weighted by Crippen LogP contribution is 2.38. The van der Waals surface area contributed by atoms with Crippen molar-refractivity contribution in [1.82, 2.24) is 9.97 Å². The van der Waals surface area contributed by atoms with Crippen molar-refractivity contribution in [3.8, 4) is 0 Å². The molecular formula is C13H15N3OS. The first-order chi connectivity index (χ1) is 8.86. The maximum absolute atomic E-state index is 5.51. The molecule has 1 unspecified atom stereocenters. The van der Waals surface area contributed by atoms with Gasteiger partial charge >= 0.3 is 0 Å². The lowest BCUT2D eigenvalue weighted by Gasteiger charge is -2.18. The van der Waals surface area contributed by atoms with Gasteiger partial charge < -0.3 is 10.1 Å². The highest BCUT2D eigenvalue weighted by Gasteiger charge is 2.24. The van der Waals surface area contributed by atoms with Gasteiger partial charge in [0.15, 0.2) is 5.13 Å². The van der Waals surface area contributed by atoms with Crippen molar-refractivity contribution in [2.75, 3.05) is 12.4 Å². The highest BCUT2D eigenvalue weighted by molar-refractivity contribution is 7.15. The molecule has 2 aromatic heterocycles. The summed E-state index contributed by atoms with van der Waals surface area (Å²) in [4.78, 5) is 10.0. The standard InChI is InChI=1S/C13H15N3OS/c1-17-11-6-2-5-10-12(11)18-13(16-10)15-9-4-3-7-14-8-9/h3-4,7-8,11H,2,5-6H2,1H3,(H,15,16). The van der Waals surface area contributed by atoms with Crippen LogP contribution in [0, 0.1) is 0 Å². The quantitative estimate of drug-likeness (QED) is 0.920. The number of nitrogens with zero attached hydrogens (tertiary/aromatic N) is 2. The molecule has 3 rings (SSSR count). The van der Waals surface area contributed by atoms with E-state index in [4.69, 9.17) is 4.74 Å². The Kier molecular flexibility index (Phi) is 3.25. The lowest BCUT2D eigenvalue weighted by Crippen LogP contribution is -2.08. The molecule has 0 spiro atoms. The largest absolute Gasteiger partial charge is 0.376 e. The summed E-state index contributed by atoms with van der Waals surface area (Å²) in [7, 11) is 1.77. The van der Waals surface area contributed by atoms with Crippen molar-refractivity contribution < 1.29 is 4.74 Å². The second kappa shape index (κ2) is 5.04.